The predicted octanol–water partition coefficient (Wildman–Crippen LogP) is 1.30. The topological polar surface area (TPSA) is 87.0 Å². The summed E-state index contributed by atoms with van der Waals surface area (Å²) in [6.07, 6.45) is 0. The van der Waals surface area contributed by atoms with E-state index in [2.05, 4.69) is 6.58 Å². The van der Waals surface area contributed by atoms with Crippen molar-refractivity contribution in [3.8, 4) is 11.5 Å². The number of phenolic OH excluding ortho intramolecular Hbond substituents is 2. The molecule has 0 spiro atoms. The zero-order chi connectivity index (χ0) is 13.0. The van der Waals surface area contributed by atoms with Crippen molar-refractivity contribution in [3.05, 3.63) is 35.1 Å². The van der Waals surface area contributed by atoms with Gasteiger partial charge in [-0.1, -0.05) is 6.58 Å². The molecule has 0 amide bonds. The van der Waals surface area contributed by atoms with Gasteiger partial charge in [0.2, 0.25) is 0 Å². The highest BCUT2D eigenvalue weighted by Gasteiger charge is 2.42. The summed E-state index contributed by atoms with van der Waals surface area (Å²) in [4.78, 5) is 11.6. The normalized spacial score (nSPS) is 23.2. The van der Waals surface area contributed by atoms with Crippen molar-refractivity contribution in [2.45, 2.75) is 19.4 Å². The zero-order valence-corrected chi connectivity index (χ0v) is 9.44. The Bertz CT molecular complexity index is 542. The lowest BCUT2D eigenvalue weighted by Crippen LogP contribution is -2.34. The minimum absolute atomic E-state index is 0.122. The van der Waals surface area contributed by atoms with Crippen LogP contribution in [0.15, 0.2) is 18.4 Å². The minimum Gasteiger partial charge on any atom is -0.508 e. The molecule has 0 aliphatic carbocycles. The number of cyclic esters (lactones) is 1. The third-order valence-electron chi connectivity index (χ3n) is 2.99. The summed E-state index contributed by atoms with van der Waals surface area (Å²) in [6.45, 7) is 6.38. The number of benzene rings is 1. The Morgan fingerprint density at radius 2 is 1.94 bits per heavy atom. The van der Waals surface area contributed by atoms with Gasteiger partial charge in [-0.2, -0.15) is 0 Å². The van der Waals surface area contributed by atoms with Crippen LogP contribution in [0.4, 0.5) is 0 Å². The average molecular weight is 236 g/mol. The highest BCUT2D eigenvalue weighted by molar-refractivity contribution is 5.97. The molecule has 2 rings (SSSR count). The van der Waals surface area contributed by atoms with Gasteiger partial charge in [-0.15, -0.1) is 0 Å². The first-order valence-corrected chi connectivity index (χ1v) is 4.96. The molecule has 0 radical (unpaired) electrons. The molecule has 0 fully saturated rings. The van der Waals surface area contributed by atoms with Crippen molar-refractivity contribution in [1.82, 2.24) is 0 Å². The summed E-state index contributed by atoms with van der Waals surface area (Å²) in [5.74, 6) is -1.56. The number of rotatable bonds is 0. The number of fused-ring (bicyclic) bond motifs is 1. The maximum Gasteiger partial charge on any atom is 0.347 e. The van der Waals surface area contributed by atoms with Crippen molar-refractivity contribution >= 4 is 5.97 Å². The van der Waals surface area contributed by atoms with E-state index in [1.54, 1.807) is 0 Å². The summed E-state index contributed by atoms with van der Waals surface area (Å²) >= 11 is 0. The number of phenols is 2. The van der Waals surface area contributed by atoms with E-state index in [4.69, 9.17) is 4.74 Å². The van der Waals surface area contributed by atoms with E-state index in [1.165, 1.54) is 13.8 Å². The first-order chi connectivity index (χ1) is 7.76. The highest BCUT2D eigenvalue weighted by Crippen LogP contribution is 2.44. The van der Waals surface area contributed by atoms with E-state index < -0.39 is 17.3 Å². The van der Waals surface area contributed by atoms with Gasteiger partial charge in [0.05, 0.1) is 0 Å². The fourth-order valence-electron chi connectivity index (χ4n) is 1.97. The molecule has 0 saturated heterocycles. The van der Waals surface area contributed by atoms with Crippen LogP contribution >= 0.6 is 0 Å². The van der Waals surface area contributed by atoms with Crippen molar-refractivity contribution in [1.29, 1.82) is 0 Å². The Morgan fingerprint density at radius 3 is 2.53 bits per heavy atom. The maximum atomic E-state index is 11.6. The Morgan fingerprint density at radius 1 is 1.35 bits per heavy atom. The van der Waals surface area contributed by atoms with E-state index in [-0.39, 0.29) is 22.6 Å². The van der Waals surface area contributed by atoms with Crippen LogP contribution in [0.3, 0.4) is 0 Å². The van der Waals surface area contributed by atoms with Crippen LogP contribution in [0.1, 0.15) is 28.4 Å². The number of carbonyl (C=O) groups is 1. The number of aromatic hydroxyl groups is 2. The van der Waals surface area contributed by atoms with E-state index in [9.17, 15) is 20.1 Å². The number of aliphatic hydroxyl groups is 1. The summed E-state index contributed by atoms with van der Waals surface area (Å²) in [5, 5.41) is 29.5. The second-order valence-electron chi connectivity index (χ2n) is 4.17. The maximum absolute atomic E-state index is 11.6. The number of hydrogen-bond acceptors (Lipinski definition) is 5. The van der Waals surface area contributed by atoms with Crippen LogP contribution in [-0.4, -0.2) is 21.3 Å². The minimum atomic E-state index is -1.64. The van der Waals surface area contributed by atoms with E-state index >= 15 is 0 Å². The van der Waals surface area contributed by atoms with Gasteiger partial charge in [-0.3, -0.25) is 0 Å². The van der Waals surface area contributed by atoms with Crippen molar-refractivity contribution in [2.75, 3.05) is 0 Å². The standard InChI is InChI=1S/C12H12O5/c1-5-7(13)4-8(14)9-10(5)12(3,16)6(2)17-11(9)15/h4,13-14,16H,2H2,1,3H3/t12-/m0/s1. The third-order valence-corrected chi connectivity index (χ3v) is 2.99. The molecule has 1 heterocycles. The molecule has 0 bridgehead atoms. The van der Waals surface area contributed by atoms with E-state index in [0.717, 1.165) is 6.07 Å². The molecular formula is C12H12O5. The second kappa shape index (κ2) is 3.24. The van der Waals surface area contributed by atoms with Crippen molar-refractivity contribution < 1.29 is 24.9 Å². The molecule has 1 aliphatic rings. The van der Waals surface area contributed by atoms with Gasteiger partial charge >= 0.3 is 5.97 Å². The van der Waals surface area contributed by atoms with Crippen LogP contribution in [0.5, 0.6) is 11.5 Å². The first-order valence-electron chi connectivity index (χ1n) is 4.96. The summed E-state index contributed by atoms with van der Waals surface area (Å²) in [6, 6.07) is 1.04. The van der Waals surface area contributed by atoms with Gasteiger partial charge in [0.15, 0.2) is 0 Å². The van der Waals surface area contributed by atoms with Crippen LogP contribution in [0.2, 0.25) is 0 Å². The van der Waals surface area contributed by atoms with Crippen LogP contribution in [-0.2, 0) is 10.3 Å². The monoisotopic (exact) mass is 236 g/mol. The lowest BCUT2D eigenvalue weighted by Gasteiger charge is -2.33. The molecule has 90 valence electrons. The SMILES string of the molecule is C=C1OC(=O)c2c(O)cc(O)c(C)c2[C@@]1(C)O. The van der Waals surface area contributed by atoms with Crippen molar-refractivity contribution in [2.24, 2.45) is 0 Å². The fourth-order valence-corrected chi connectivity index (χ4v) is 1.97. The van der Waals surface area contributed by atoms with Crippen molar-refractivity contribution in [3.63, 3.8) is 0 Å². The zero-order valence-electron chi connectivity index (χ0n) is 9.44. The quantitative estimate of drug-likeness (QED) is 0.591. The molecule has 1 aromatic rings. The molecule has 0 saturated carbocycles. The Balaban J connectivity index is 2.89. The number of ether oxygens (including phenoxy) is 1. The average Bonchev–Trinajstić information content (AvgIpc) is 2.20. The smallest absolute Gasteiger partial charge is 0.347 e. The van der Waals surface area contributed by atoms with Gasteiger partial charge in [0.25, 0.3) is 0 Å². The number of esters is 1. The molecule has 1 atom stereocenters. The molecule has 5 nitrogen and oxygen atoms in total. The van der Waals surface area contributed by atoms with Gasteiger partial charge in [-0.05, 0) is 19.4 Å². The lowest BCUT2D eigenvalue weighted by atomic mass is 9.83. The van der Waals surface area contributed by atoms with Crippen LogP contribution in [0, 0.1) is 6.92 Å². The number of hydrogen-bond donors (Lipinski definition) is 3. The summed E-state index contributed by atoms with van der Waals surface area (Å²) in [5.41, 5.74) is -1.35. The number of carbonyl (C=O) groups excluding carboxylic acids is 1. The molecule has 1 aliphatic heterocycles. The highest BCUT2D eigenvalue weighted by atomic mass is 16.6. The molecule has 17 heavy (non-hydrogen) atoms. The largest absolute Gasteiger partial charge is 0.508 e. The van der Waals surface area contributed by atoms with Gasteiger partial charge in [-0.25, -0.2) is 4.79 Å². The predicted molar refractivity (Wildman–Crippen MR) is 58.6 cm³/mol. The Hall–Kier alpha value is -2.01. The molecule has 5 heteroatoms. The summed E-state index contributed by atoms with van der Waals surface area (Å²) < 4.78 is 4.78. The van der Waals surface area contributed by atoms with E-state index in [1.807, 2.05) is 0 Å². The Kier molecular flexibility index (Phi) is 2.19. The molecule has 3 N–H and O–H groups in total. The lowest BCUT2D eigenvalue weighted by molar-refractivity contribution is 0.00784. The molecule has 1 aromatic carbocycles. The van der Waals surface area contributed by atoms with Gasteiger partial charge < -0.3 is 20.1 Å². The molecular weight excluding hydrogens is 224 g/mol. The second-order valence-corrected chi connectivity index (χ2v) is 4.17. The summed E-state index contributed by atoms with van der Waals surface area (Å²) in [7, 11) is 0. The van der Waals surface area contributed by atoms with Crippen LogP contribution < -0.4 is 0 Å². The third kappa shape index (κ3) is 1.39. The first kappa shape index (κ1) is 11.5. The Labute approximate surface area is 97.6 Å². The molecule has 0 aromatic heterocycles. The van der Waals surface area contributed by atoms with E-state index in [0.29, 0.717) is 5.56 Å². The fraction of sp³-hybridized carbons (Fsp3) is 0.250. The van der Waals surface area contributed by atoms with Crippen LogP contribution in [0.25, 0.3) is 0 Å². The van der Waals surface area contributed by atoms with Gasteiger partial charge in [0.1, 0.15) is 28.4 Å². The van der Waals surface area contributed by atoms with Gasteiger partial charge in [0, 0.05) is 11.6 Å². The molecule has 0 unspecified atom stereocenters.